The Bertz CT molecular complexity index is 447. The van der Waals surface area contributed by atoms with Gasteiger partial charge in [-0.2, -0.15) is 0 Å². The SMILES string of the molecule is Cc1cccc(C2(N)CC(C)CC(C)(C)C2)c1C. The zero-order chi connectivity index (χ0) is 13.6. The molecule has 2 atom stereocenters. The Morgan fingerprint density at radius 3 is 2.44 bits per heavy atom. The lowest BCUT2D eigenvalue weighted by atomic mass is 9.62. The Morgan fingerprint density at radius 2 is 1.83 bits per heavy atom. The van der Waals surface area contributed by atoms with Gasteiger partial charge in [0.2, 0.25) is 0 Å². The Kier molecular flexibility index (Phi) is 3.31. The molecule has 1 heteroatoms. The second-order valence-electron chi connectivity index (χ2n) is 7.26. The van der Waals surface area contributed by atoms with E-state index in [2.05, 4.69) is 52.8 Å². The van der Waals surface area contributed by atoms with E-state index in [1.165, 1.54) is 23.1 Å². The van der Waals surface area contributed by atoms with Crippen LogP contribution in [0.4, 0.5) is 0 Å². The molecular formula is C17H27N. The highest BCUT2D eigenvalue weighted by Gasteiger charge is 2.41. The van der Waals surface area contributed by atoms with E-state index in [4.69, 9.17) is 5.73 Å². The van der Waals surface area contributed by atoms with Gasteiger partial charge in [0.25, 0.3) is 0 Å². The normalized spacial score (nSPS) is 31.3. The van der Waals surface area contributed by atoms with E-state index in [1.807, 2.05) is 0 Å². The van der Waals surface area contributed by atoms with Gasteiger partial charge >= 0.3 is 0 Å². The van der Waals surface area contributed by atoms with Gasteiger partial charge in [0.1, 0.15) is 0 Å². The molecule has 1 aliphatic rings. The Labute approximate surface area is 112 Å². The van der Waals surface area contributed by atoms with Crippen LogP contribution in [0.15, 0.2) is 18.2 Å². The highest BCUT2D eigenvalue weighted by molar-refractivity contribution is 5.38. The van der Waals surface area contributed by atoms with Crippen molar-refractivity contribution in [1.82, 2.24) is 0 Å². The molecule has 2 N–H and O–H groups in total. The summed E-state index contributed by atoms with van der Waals surface area (Å²) < 4.78 is 0. The molecule has 1 fully saturated rings. The number of rotatable bonds is 1. The minimum Gasteiger partial charge on any atom is -0.321 e. The van der Waals surface area contributed by atoms with E-state index in [9.17, 15) is 0 Å². The van der Waals surface area contributed by atoms with Crippen molar-refractivity contribution in [2.45, 2.75) is 59.4 Å². The van der Waals surface area contributed by atoms with Crippen LogP contribution in [0.25, 0.3) is 0 Å². The molecule has 0 bridgehead atoms. The van der Waals surface area contributed by atoms with Crippen LogP contribution in [-0.4, -0.2) is 0 Å². The lowest BCUT2D eigenvalue weighted by Gasteiger charge is -2.46. The Morgan fingerprint density at radius 1 is 1.17 bits per heavy atom. The zero-order valence-corrected chi connectivity index (χ0v) is 12.5. The quantitative estimate of drug-likeness (QED) is 0.784. The number of hydrogen-bond acceptors (Lipinski definition) is 1. The Balaban J connectivity index is 2.44. The highest BCUT2D eigenvalue weighted by Crippen LogP contribution is 2.47. The number of nitrogens with two attached hydrogens (primary N) is 1. The standard InChI is InChI=1S/C17H27N/c1-12-9-16(4,5)11-17(18,10-12)15-8-6-7-13(2)14(15)3/h6-8,12H,9-11,18H2,1-5H3. The van der Waals surface area contributed by atoms with Gasteiger partial charge in [-0.05, 0) is 61.1 Å². The minimum atomic E-state index is -0.142. The third kappa shape index (κ3) is 2.47. The van der Waals surface area contributed by atoms with Crippen LogP contribution in [0.2, 0.25) is 0 Å². The number of hydrogen-bond donors (Lipinski definition) is 1. The molecule has 18 heavy (non-hydrogen) atoms. The van der Waals surface area contributed by atoms with Crippen molar-refractivity contribution < 1.29 is 0 Å². The molecule has 1 nitrogen and oxygen atoms in total. The average Bonchev–Trinajstić information content (AvgIpc) is 2.18. The summed E-state index contributed by atoms with van der Waals surface area (Å²) in [7, 11) is 0. The summed E-state index contributed by atoms with van der Waals surface area (Å²) in [5.41, 5.74) is 11.1. The van der Waals surface area contributed by atoms with Gasteiger partial charge in [-0.3, -0.25) is 0 Å². The monoisotopic (exact) mass is 245 g/mol. The summed E-state index contributed by atoms with van der Waals surface area (Å²) in [4.78, 5) is 0. The zero-order valence-electron chi connectivity index (χ0n) is 12.5. The van der Waals surface area contributed by atoms with Gasteiger partial charge < -0.3 is 5.73 Å². The van der Waals surface area contributed by atoms with E-state index in [1.54, 1.807) is 0 Å². The first-order valence-electron chi connectivity index (χ1n) is 7.09. The summed E-state index contributed by atoms with van der Waals surface area (Å²) in [6.45, 7) is 11.4. The fraction of sp³-hybridized carbons (Fsp3) is 0.647. The van der Waals surface area contributed by atoms with Crippen molar-refractivity contribution in [3.63, 3.8) is 0 Å². The molecular weight excluding hydrogens is 218 g/mol. The fourth-order valence-corrected chi connectivity index (χ4v) is 4.13. The van der Waals surface area contributed by atoms with Gasteiger partial charge in [-0.25, -0.2) is 0 Å². The average molecular weight is 245 g/mol. The third-order valence-electron chi connectivity index (χ3n) is 4.55. The third-order valence-corrected chi connectivity index (χ3v) is 4.55. The van der Waals surface area contributed by atoms with Crippen LogP contribution in [0, 0.1) is 25.2 Å². The molecule has 2 unspecified atom stereocenters. The van der Waals surface area contributed by atoms with Crippen LogP contribution in [0.5, 0.6) is 0 Å². The van der Waals surface area contributed by atoms with E-state index in [0.29, 0.717) is 11.3 Å². The van der Waals surface area contributed by atoms with E-state index in [0.717, 1.165) is 12.8 Å². The maximum absolute atomic E-state index is 6.82. The van der Waals surface area contributed by atoms with Crippen molar-refractivity contribution in [3.8, 4) is 0 Å². The lowest BCUT2D eigenvalue weighted by molar-refractivity contribution is 0.107. The maximum Gasteiger partial charge on any atom is 0.0420 e. The molecule has 0 aliphatic heterocycles. The van der Waals surface area contributed by atoms with Gasteiger partial charge in [0.05, 0.1) is 0 Å². The second-order valence-corrected chi connectivity index (χ2v) is 7.26. The van der Waals surface area contributed by atoms with Gasteiger partial charge in [-0.1, -0.05) is 39.0 Å². The smallest absolute Gasteiger partial charge is 0.0420 e. The van der Waals surface area contributed by atoms with Crippen molar-refractivity contribution in [2.24, 2.45) is 17.1 Å². The van der Waals surface area contributed by atoms with Crippen LogP contribution in [-0.2, 0) is 5.54 Å². The first-order valence-corrected chi connectivity index (χ1v) is 7.09. The maximum atomic E-state index is 6.82. The molecule has 1 aromatic rings. The predicted octanol–water partition coefficient (Wildman–Crippen LogP) is 4.30. The summed E-state index contributed by atoms with van der Waals surface area (Å²) >= 11 is 0. The predicted molar refractivity (Wildman–Crippen MR) is 78.6 cm³/mol. The fourth-order valence-electron chi connectivity index (χ4n) is 4.13. The molecule has 0 heterocycles. The first kappa shape index (κ1) is 13.6. The van der Waals surface area contributed by atoms with Gasteiger partial charge in [0, 0.05) is 5.54 Å². The minimum absolute atomic E-state index is 0.142. The second kappa shape index (κ2) is 4.38. The molecule has 2 rings (SSSR count). The van der Waals surface area contributed by atoms with Crippen LogP contribution in [0.3, 0.4) is 0 Å². The van der Waals surface area contributed by atoms with Gasteiger partial charge in [-0.15, -0.1) is 0 Å². The largest absolute Gasteiger partial charge is 0.321 e. The summed E-state index contributed by atoms with van der Waals surface area (Å²) in [5.74, 6) is 0.707. The van der Waals surface area contributed by atoms with Crippen molar-refractivity contribution in [2.75, 3.05) is 0 Å². The first-order chi connectivity index (χ1) is 8.23. The summed E-state index contributed by atoms with van der Waals surface area (Å²) in [6, 6.07) is 6.56. The van der Waals surface area contributed by atoms with Gasteiger partial charge in [0.15, 0.2) is 0 Å². The molecule has 100 valence electrons. The molecule has 1 aliphatic carbocycles. The van der Waals surface area contributed by atoms with Crippen LogP contribution in [0.1, 0.15) is 56.7 Å². The summed E-state index contributed by atoms with van der Waals surface area (Å²) in [6.07, 6.45) is 3.49. The molecule has 1 saturated carbocycles. The van der Waals surface area contributed by atoms with E-state index < -0.39 is 0 Å². The van der Waals surface area contributed by atoms with E-state index >= 15 is 0 Å². The van der Waals surface area contributed by atoms with Crippen molar-refractivity contribution in [3.05, 3.63) is 34.9 Å². The molecule has 0 amide bonds. The number of aryl methyl sites for hydroxylation is 1. The summed E-state index contributed by atoms with van der Waals surface area (Å²) in [5, 5.41) is 0. The molecule has 1 aromatic carbocycles. The molecule has 0 saturated heterocycles. The molecule has 0 spiro atoms. The van der Waals surface area contributed by atoms with Crippen LogP contribution >= 0.6 is 0 Å². The molecule has 0 radical (unpaired) electrons. The lowest BCUT2D eigenvalue weighted by Crippen LogP contribution is -2.47. The Hall–Kier alpha value is -0.820. The van der Waals surface area contributed by atoms with Crippen molar-refractivity contribution >= 4 is 0 Å². The van der Waals surface area contributed by atoms with Crippen LogP contribution < -0.4 is 5.73 Å². The van der Waals surface area contributed by atoms with E-state index in [-0.39, 0.29) is 5.54 Å². The van der Waals surface area contributed by atoms with Crippen molar-refractivity contribution in [1.29, 1.82) is 0 Å². The molecule has 0 aromatic heterocycles. The highest BCUT2D eigenvalue weighted by atomic mass is 14.8. The topological polar surface area (TPSA) is 26.0 Å². The number of benzene rings is 1.